The molecule has 1 heterocycles. The summed E-state index contributed by atoms with van der Waals surface area (Å²) in [6.07, 6.45) is 2.17. The highest BCUT2D eigenvalue weighted by Gasteiger charge is 2.33. The minimum absolute atomic E-state index is 0.0888. The Morgan fingerprint density at radius 2 is 2.29 bits per heavy atom. The van der Waals surface area contributed by atoms with Crippen LogP contribution in [0.15, 0.2) is 0 Å². The number of thiazole rings is 1. The van der Waals surface area contributed by atoms with Crippen LogP contribution in [-0.4, -0.2) is 11.6 Å². The normalized spacial score (nSPS) is 24.4. The maximum atomic E-state index is 6.24. The Hall–Kier alpha value is -0.450. The first kappa shape index (κ1) is 13.0. The van der Waals surface area contributed by atoms with Gasteiger partial charge in [0.05, 0.1) is 5.69 Å². The van der Waals surface area contributed by atoms with Gasteiger partial charge in [-0.3, -0.25) is 0 Å². The number of aromatic nitrogens is 1. The van der Waals surface area contributed by atoms with Gasteiger partial charge >= 0.3 is 0 Å². The quantitative estimate of drug-likeness (QED) is 0.901. The summed E-state index contributed by atoms with van der Waals surface area (Å²) in [5.41, 5.74) is 7.70. The number of hydrogen-bond donors (Lipinski definition) is 1. The lowest BCUT2D eigenvalue weighted by atomic mass is 9.77. The molecule has 0 amide bonds. The van der Waals surface area contributed by atoms with Gasteiger partial charge in [0.1, 0.15) is 11.1 Å². The van der Waals surface area contributed by atoms with E-state index < -0.39 is 0 Å². The maximum Gasteiger partial charge on any atom is 0.122 e. The zero-order valence-corrected chi connectivity index (χ0v) is 11.9. The van der Waals surface area contributed by atoms with E-state index in [0.717, 1.165) is 24.5 Å². The fourth-order valence-corrected chi connectivity index (χ4v) is 3.59. The molecule has 0 aromatic carbocycles. The van der Waals surface area contributed by atoms with Crippen molar-refractivity contribution in [3.05, 3.63) is 15.6 Å². The SMILES string of the molecule is CCOC(C)c1nc2c(s1)C(N)CC(C)(C)C2. The summed E-state index contributed by atoms with van der Waals surface area (Å²) in [5, 5.41) is 1.07. The van der Waals surface area contributed by atoms with Crippen LogP contribution in [0.5, 0.6) is 0 Å². The molecule has 96 valence electrons. The average Bonchev–Trinajstić information content (AvgIpc) is 2.60. The largest absolute Gasteiger partial charge is 0.372 e. The molecule has 2 rings (SSSR count). The molecule has 1 aromatic rings. The molecule has 0 radical (unpaired) electrons. The molecule has 0 saturated heterocycles. The Labute approximate surface area is 107 Å². The van der Waals surface area contributed by atoms with Gasteiger partial charge in [-0.15, -0.1) is 11.3 Å². The topological polar surface area (TPSA) is 48.1 Å². The highest BCUT2D eigenvalue weighted by molar-refractivity contribution is 7.11. The number of rotatable bonds is 3. The molecule has 1 aliphatic carbocycles. The molecule has 17 heavy (non-hydrogen) atoms. The highest BCUT2D eigenvalue weighted by atomic mass is 32.1. The first-order chi connectivity index (χ1) is 7.93. The number of ether oxygens (including phenoxy) is 1. The summed E-state index contributed by atoms with van der Waals surface area (Å²) in [6, 6.07) is 0.147. The average molecular weight is 254 g/mol. The summed E-state index contributed by atoms with van der Waals surface area (Å²) in [7, 11) is 0. The van der Waals surface area contributed by atoms with Crippen LogP contribution in [0.4, 0.5) is 0 Å². The molecule has 2 unspecified atom stereocenters. The Bertz CT molecular complexity index is 400. The molecule has 1 aromatic heterocycles. The molecular weight excluding hydrogens is 232 g/mol. The second-order valence-electron chi connectivity index (χ2n) is 5.61. The molecule has 0 aliphatic heterocycles. The minimum atomic E-state index is 0.0888. The fourth-order valence-electron chi connectivity index (χ4n) is 2.51. The fraction of sp³-hybridized carbons (Fsp3) is 0.769. The van der Waals surface area contributed by atoms with Gasteiger partial charge in [-0.1, -0.05) is 13.8 Å². The van der Waals surface area contributed by atoms with Gasteiger partial charge in [-0.25, -0.2) is 4.98 Å². The third-order valence-electron chi connectivity index (χ3n) is 3.26. The summed E-state index contributed by atoms with van der Waals surface area (Å²) in [5.74, 6) is 0. The van der Waals surface area contributed by atoms with Crippen molar-refractivity contribution < 1.29 is 4.74 Å². The van der Waals surface area contributed by atoms with E-state index in [1.165, 1.54) is 10.6 Å². The van der Waals surface area contributed by atoms with Crippen LogP contribution in [0.2, 0.25) is 0 Å². The molecule has 2 N–H and O–H groups in total. The van der Waals surface area contributed by atoms with Gasteiger partial charge in [-0.05, 0) is 32.1 Å². The Kier molecular flexibility index (Phi) is 3.57. The zero-order valence-electron chi connectivity index (χ0n) is 11.1. The Morgan fingerprint density at radius 3 is 2.94 bits per heavy atom. The van der Waals surface area contributed by atoms with Crippen LogP contribution >= 0.6 is 11.3 Å². The van der Waals surface area contributed by atoms with Gasteiger partial charge in [-0.2, -0.15) is 0 Å². The van der Waals surface area contributed by atoms with E-state index in [4.69, 9.17) is 15.5 Å². The molecule has 2 atom stereocenters. The lowest BCUT2D eigenvalue weighted by Crippen LogP contribution is -2.28. The van der Waals surface area contributed by atoms with Crippen molar-refractivity contribution in [2.75, 3.05) is 6.61 Å². The van der Waals surface area contributed by atoms with Gasteiger partial charge < -0.3 is 10.5 Å². The standard InChI is InChI=1S/C13H22N2OS/c1-5-16-8(2)12-15-10-7-13(3,4)6-9(14)11(10)17-12/h8-9H,5-7,14H2,1-4H3. The zero-order chi connectivity index (χ0) is 12.6. The van der Waals surface area contributed by atoms with Crippen LogP contribution in [0, 0.1) is 5.41 Å². The first-order valence-corrected chi connectivity index (χ1v) is 7.11. The van der Waals surface area contributed by atoms with E-state index in [9.17, 15) is 0 Å². The van der Waals surface area contributed by atoms with Crippen molar-refractivity contribution in [1.82, 2.24) is 4.98 Å². The predicted octanol–water partition coefficient (Wildman–Crippen LogP) is 3.21. The van der Waals surface area contributed by atoms with Crippen LogP contribution in [0.25, 0.3) is 0 Å². The molecule has 0 spiro atoms. The van der Waals surface area contributed by atoms with Crippen LogP contribution in [0.3, 0.4) is 0 Å². The molecule has 0 fully saturated rings. The Balaban J connectivity index is 2.26. The van der Waals surface area contributed by atoms with E-state index in [1.807, 2.05) is 6.92 Å². The van der Waals surface area contributed by atoms with Crippen molar-refractivity contribution in [3.63, 3.8) is 0 Å². The number of hydrogen-bond acceptors (Lipinski definition) is 4. The number of nitrogens with two attached hydrogens (primary N) is 1. The van der Waals surface area contributed by atoms with Crippen LogP contribution in [-0.2, 0) is 11.2 Å². The van der Waals surface area contributed by atoms with Crippen molar-refractivity contribution in [2.24, 2.45) is 11.1 Å². The number of nitrogens with zero attached hydrogens (tertiary/aromatic N) is 1. The van der Waals surface area contributed by atoms with Crippen molar-refractivity contribution in [3.8, 4) is 0 Å². The third kappa shape index (κ3) is 2.69. The summed E-state index contributed by atoms with van der Waals surface area (Å²) in [4.78, 5) is 6.00. The predicted molar refractivity (Wildman–Crippen MR) is 71.2 cm³/mol. The van der Waals surface area contributed by atoms with E-state index in [-0.39, 0.29) is 17.6 Å². The summed E-state index contributed by atoms with van der Waals surface area (Å²) >= 11 is 1.73. The smallest absolute Gasteiger partial charge is 0.122 e. The lowest BCUT2D eigenvalue weighted by Gasteiger charge is -2.32. The minimum Gasteiger partial charge on any atom is -0.372 e. The van der Waals surface area contributed by atoms with E-state index in [0.29, 0.717) is 0 Å². The van der Waals surface area contributed by atoms with Crippen molar-refractivity contribution in [1.29, 1.82) is 0 Å². The van der Waals surface area contributed by atoms with Crippen LogP contribution < -0.4 is 5.73 Å². The monoisotopic (exact) mass is 254 g/mol. The third-order valence-corrected chi connectivity index (χ3v) is 4.65. The second kappa shape index (κ2) is 4.67. The lowest BCUT2D eigenvalue weighted by molar-refractivity contribution is 0.0760. The van der Waals surface area contributed by atoms with Crippen molar-refractivity contribution in [2.45, 2.75) is 52.7 Å². The van der Waals surface area contributed by atoms with E-state index >= 15 is 0 Å². The van der Waals surface area contributed by atoms with Gasteiger partial charge in [0.2, 0.25) is 0 Å². The van der Waals surface area contributed by atoms with Gasteiger partial charge in [0.15, 0.2) is 0 Å². The first-order valence-electron chi connectivity index (χ1n) is 6.29. The molecule has 3 nitrogen and oxygen atoms in total. The van der Waals surface area contributed by atoms with Gasteiger partial charge in [0.25, 0.3) is 0 Å². The van der Waals surface area contributed by atoms with E-state index in [2.05, 4.69) is 20.8 Å². The second-order valence-corrected chi connectivity index (χ2v) is 6.67. The van der Waals surface area contributed by atoms with Crippen molar-refractivity contribution >= 4 is 11.3 Å². The highest BCUT2D eigenvalue weighted by Crippen LogP contribution is 2.42. The molecular formula is C13H22N2OS. The van der Waals surface area contributed by atoms with Crippen LogP contribution in [0.1, 0.15) is 61.8 Å². The maximum absolute atomic E-state index is 6.24. The molecule has 1 aliphatic rings. The van der Waals surface area contributed by atoms with Gasteiger partial charge in [0, 0.05) is 17.5 Å². The van der Waals surface area contributed by atoms with E-state index in [1.54, 1.807) is 11.3 Å². The molecule has 0 bridgehead atoms. The Morgan fingerprint density at radius 1 is 1.59 bits per heavy atom. The molecule has 0 saturated carbocycles. The summed E-state index contributed by atoms with van der Waals surface area (Å²) in [6.45, 7) is 9.33. The molecule has 4 heteroatoms. The summed E-state index contributed by atoms with van der Waals surface area (Å²) < 4.78 is 5.60. The number of fused-ring (bicyclic) bond motifs is 1.